The maximum Gasteiger partial charge on any atom is 0.416 e. The van der Waals surface area contributed by atoms with Gasteiger partial charge >= 0.3 is 12.1 Å². The van der Waals surface area contributed by atoms with Crippen molar-refractivity contribution >= 4 is 27.7 Å². The molecule has 0 aliphatic carbocycles. The fourth-order valence-electron chi connectivity index (χ4n) is 4.95. The number of nitrogens with zero attached hydrogens (tertiary/aromatic N) is 3. The van der Waals surface area contributed by atoms with Crippen molar-refractivity contribution in [3.8, 4) is 5.75 Å². The van der Waals surface area contributed by atoms with E-state index < -0.39 is 56.4 Å². The summed E-state index contributed by atoms with van der Waals surface area (Å²) < 4.78 is 72.6. The standard InChI is InChI=1S/C28H32F3N3O7S/c1-17-13-19(24(36)41-26(2,3)4)6-5-18(17)7-12-42(39,40)33-10-8-27(9-11-33)25(37)34(38)23(32-27)20-14-21(28(29,30)31)16-22(35)15-20/h5-6,13-16,35,38H,7-12H2,1-4H3. The molecule has 2 aliphatic heterocycles. The highest BCUT2D eigenvalue weighted by Crippen LogP contribution is 2.38. The van der Waals surface area contributed by atoms with Crippen LogP contribution in [-0.4, -0.2) is 75.8 Å². The summed E-state index contributed by atoms with van der Waals surface area (Å²) in [5.74, 6) is -2.77. The molecule has 2 heterocycles. The van der Waals surface area contributed by atoms with Crippen LogP contribution in [0.4, 0.5) is 13.2 Å². The molecular weight excluding hydrogens is 579 g/mol. The molecule has 42 heavy (non-hydrogen) atoms. The lowest BCUT2D eigenvalue weighted by Crippen LogP contribution is -2.51. The summed E-state index contributed by atoms with van der Waals surface area (Å²) in [6, 6.07) is 7.04. The Morgan fingerprint density at radius 3 is 2.31 bits per heavy atom. The van der Waals surface area contributed by atoms with Gasteiger partial charge in [-0.3, -0.25) is 10.0 Å². The second kappa shape index (κ2) is 11.0. The van der Waals surface area contributed by atoms with E-state index in [1.165, 1.54) is 4.31 Å². The van der Waals surface area contributed by atoms with Crippen molar-refractivity contribution in [3.05, 3.63) is 64.2 Å². The molecule has 0 bridgehead atoms. The number of carbonyl (C=O) groups is 2. The monoisotopic (exact) mass is 611 g/mol. The van der Waals surface area contributed by atoms with E-state index in [1.807, 2.05) is 0 Å². The first-order valence-corrected chi connectivity index (χ1v) is 14.8. The third-order valence-electron chi connectivity index (χ3n) is 7.16. The topological polar surface area (TPSA) is 137 Å². The van der Waals surface area contributed by atoms with Crippen LogP contribution in [0.2, 0.25) is 0 Å². The van der Waals surface area contributed by atoms with Crippen molar-refractivity contribution < 1.29 is 46.2 Å². The first-order chi connectivity index (χ1) is 19.3. The molecule has 0 atom stereocenters. The second-order valence-electron chi connectivity index (χ2n) is 11.5. The quantitative estimate of drug-likeness (QED) is 0.371. The van der Waals surface area contributed by atoms with Crippen LogP contribution in [0.25, 0.3) is 0 Å². The molecule has 0 unspecified atom stereocenters. The highest BCUT2D eigenvalue weighted by molar-refractivity contribution is 7.89. The van der Waals surface area contributed by atoms with Gasteiger partial charge in [0.1, 0.15) is 16.9 Å². The average molecular weight is 612 g/mol. The number of aryl methyl sites for hydroxylation is 2. The van der Waals surface area contributed by atoms with Gasteiger partial charge in [-0.15, -0.1) is 0 Å². The Morgan fingerprint density at radius 2 is 1.74 bits per heavy atom. The predicted octanol–water partition coefficient (Wildman–Crippen LogP) is 4.06. The number of hydroxylamine groups is 2. The van der Waals surface area contributed by atoms with Crippen LogP contribution in [0.1, 0.15) is 66.2 Å². The molecule has 0 aromatic heterocycles. The number of aromatic hydroxyl groups is 1. The minimum absolute atomic E-state index is 0.0941. The summed E-state index contributed by atoms with van der Waals surface area (Å²) in [5, 5.41) is 20.4. The SMILES string of the molecule is Cc1cc(C(=O)OC(C)(C)C)ccc1CCS(=O)(=O)N1CCC2(CC1)N=C(c1cc(O)cc(C(F)(F)F)c1)N(O)C2=O. The number of phenolic OH excluding ortho intramolecular Hbond substituents is 1. The Kier molecular flexibility index (Phi) is 8.21. The summed E-state index contributed by atoms with van der Waals surface area (Å²) in [5.41, 5.74) is -1.87. The Balaban J connectivity index is 1.44. The fraction of sp³-hybridized carbons (Fsp3) is 0.464. The zero-order valence-electron chi connectivity index (χ0n) is 23.5. The van der Waals surface area contributed by atoms with E-state index in [4.69, 9.17) is 4.74 Å². The van der Waals surface area contributed by atoms with Gasteiger partial charge in [-0.25, -0.2) is 22.5 Å². The van der Waals surface area contributed by atoms with Gasteiger partial charge in [-0.05, 0) is 88.4 Å². The Hall–Kier alpha value is -3.49. The number of piperidine rings is 1. The van der Waals surface area contributed by atoms with Gasteiger partial charge in [-0.2, -0.15) is 18.2 Å². The molecule has 2 N–H and O–H groups in total. The number of rotatable bonds is 6. The third kappa shape index (κ3) is 6.60. The second-order valence-corrected chi connectivity index (χ2v) is 13.5. The van der Waals surface area contributed by atoms with Gasteiger partial charge in [0.15, 0.2) is 5.84 Å². The molecule has 1 amide bonds. The van der Waals surface area contributed by atoms with Crippen LogP contribution in [-0.2, 0) is 32.2 Å². The number of benzene rings is 2. The minimum Gasteiger partial charge on any atom is -0.508 e. The lowest BCUT2D eigenvalue weighted by molar-refractivity contribution is -0.153. The normalized spacial score (nSPS) is 18.0. The predicted molar refractivity (Wildman–Crippen MR) is 146 cm³/mol. The summed E-state index contributed by atoms with van der Waals surface area (Å²) in [6.07, 6.45) is -4.80. The first kappa shape index (κ1) is 31.4. The van der Waals surface area contributed by atoms with Crippen LogP contribution >= 0.6 is 0 Å². The zero-order chi connectivity index (χ0) is 31.3. The Labute approximate surface area is 241 Å². The van der Waals surface area contributed by atoms with Gasteiger partial charge < -0.3 is 9.84 Å². The number of phenols is 1. The van der Waals surface area contributed by atoms with E-state index >= 15 is 0 Å². The van der Waals surface area contributed by atoms with Crippen LogP contribution in [0.15, 0.2) is 41.4 Å². The lowest BCUT2D eigenvalue weighted by Gasteiger charge is -2.35. The lowest BCUT2D eigenvalue weighted by atomic mass is 9.89. The number of amides is 1. The highest BCUT2D eigenvalue weighted by Gasteiger charge is 2.51. The molecule has 228 valence electrons. The van der Waals surface area contributed by atoms with Crippen molar-refractivity contribution in [2.24, 2.45) is 4.99 Å². The summed E-state index contributed by atoms with van der Waals surface area (Å²) >= 11 is 0. The van der Waals surface area contributed by atoms with Crippen LogP contribution in [0, 0.1) is 6.92 Å². The molecule has 4 rings (SSSR count). The summed E-state index contributed by atoms with van der Waals surface area (Å²) in [4.78, 5) is 29.5. The third-order valence-corrected chi connectivity index (χ3v) is 9.04. The van der Waals surface area contributed by atoms with Gasteiger partial charge in [0.05, 0.1) is 16.9 Å². The summed E-state index contributed by atoms with van der Waals surface area (Å²) in [6.45, 7) is 6.86. The van der Waals surface area contributed by atoms with Crippen molar-refractivity contribution in [1.82, 2.24) is 9.37 Å². The van der Waals surface area contributed by atoms with Gasteiger partial charge in [0, 0.05) is 18.7 Å². The number of carbonyl (C=O) groups excluding carboxylic acids is 2. The average Bonchev–Trinajstić information content (AvgIpc) is 3.11. The molecule has 2 aromatic rings. The number of alkyl halides is 3. The maximum atomic E-state index is 13.2. The smallest absolute Gasteiger partial charge is 0.416 e. The maximum absolute atomic E-state index is 13.2. The first-order valence-electron chi connectivity index (χ1n) is 13.2. The number of esters is 1. The Bertz CT molecular complexity index is 1540. The Morgan fingerprint density at radius 1 is 1.10 bits per heavy atom. The zero-order valence-corrected chi connectivity index (χ0v) is 24.3. The van der Waals surface area contributed by atoms with E-state index in [2.05, 4.69) is 4.99 Å². The molecule has 10 nitrogen and oxygen atoms in total. The fourth-order valence-corrected chi connectivity index (χ4v) is 6.43. The number of hydrogen-bond acceptors (Lipinski definition) is 8. The molecule has 1 spiro atoms. The molecule has 14 heteroatoms. The van der Waals surface area contributed by atoms with E-state index in [0.717, 1.165) is 17.2 Å². The van der Waals surface area contributed by atoms with Crippen LogP contribution in [0.3, 0.4) is 0 Å². The number of sulfonamides is 1. The van der Waals surface area contributed by atoms with Gasteiger partial charge in [-0.1, -0.05) is 6.07 Å². The van der Waals surface area contributed by atoms with Crippen LogP contribution in [0.5, 0.6) is 5.75 Å². The van der Waals surface area contributed by atoms with E-state index in [1.54, 1.807) is 45.9 Å². The van der Waals surface area contributed by atoms with Gasteiger partial charge in [0.25, 0.3) is 5.91 Å². The molecule has 2 aromatic carbocycles. The minimum atomic E-state index is -4.78. The largest absolute Gasteiger partial charge is 0.508 e. The number of halogens is 3. The van der Waals surface area contributed by atoms with Gasteiger partial charge in [0.2, 0.25) is 10.0 Å². The van der Waals surface area contributed by atoms with E-state index in [9.17, 15) is 41.5 Å². The highest BCUT2D eigenvalue weighted by atomic mass is 32.2. The van der Waals surface area contributed by atoms with Crippen molar-refractivity contribution in [2.45, 2.75) is 64.3 Å². The molecule has 1 saturated heterocycles. The number of aliphatic imine (C=N–C) groups is 1. The van der Waals surface area contributed by atoms with Crippen LogP contribution < -0.4 is 0 Å². The van der Waals surface area contributed by atoms with Crippen molar-refractivity contribution in [2.75, 3.05) is 18.8 Å². The molecular formula is C28H32F3N3O7S. The summed E-state index contributed by atoms with van der Waals surface area (Å²) in [7, 11) is -3.77. The number of ether oxygens (including phenoxy) is 1. The molecule has 1 fully saturated rings. The van der Waals surface area contributed by atoms with Crippen molar-refractivity contribution in [3.63, 3.8) is 0 Å². The molecule has 2 aliphatic rings. The number of hydrogen-bond donors (Lipinski definition) is 2. The van der Waals surface area contributed by atoms with Crippen molar-refractivity contribution in [1.29, 1.82) is 0 Å². The number of amidine groups is 1. The van der Waals surface area contributed by atoms with E-state index in [-0.39, 0.29) is 48.7 Å². The van der Waals surface area contributed by atoms with E-state index in [0.29, 0.717) is 17.7 Å². The molecule has 0 saturated carbocycles. The molecule has 0 radical (unpaired) electrons.